The van der Waals surface area contributed by atoms with Crippen molar-refractivity contribution in [3.8, 4) is 0 Å². The normalized spacial score (nSPS) is 27.8. The Labute approximate surface area is 84.1 Å². The fraction of sp³-hybridized carbons (Fsp3) is 0.545. The average Bonchev–Trinajstić information content (AvgIpc) is 2.54. The summed E-state index contributed by atoms with van der Waals surface area (Å²) >= 11 is 6.21. The summed E-state index contributed by atoms with van der Waals surface area (Å²) in [6, 6.07) is 4.13. The molecule has 1 aliphatic carbocycles. The molecular formula is C11H14ClN. The van der Waals surface area contributed by atoms with Crippen LogP contribution in [0.2, 0.25) is 0 Å². The highest BCUT2D eigenvalue weighted by Gasteiger charge is 2.25. The van der Waals surface area contributed by atoms with E-state index < -0.39 is 0 Å². The van der Waals surface area contributed by atoms with E-state index in [4.69, 9.17) is 11.6 Å². The maximum Gasteiger partial charge on any atom is 0.0367 e. The molecule has 2 atom stereocenters. The Morgan fingerprint density at radius 3 is 3.00 bits per heavy atom. The zero-order valence-corrected chi connectivity index (χ0v) is 8.37. The maximum atomic E-state index is 6.21. The molecular weight excluding hydrogens is 182 g/mol. The lowest BCUT2D eigenvalue weighted by molar-refractivity contribution is 0.552. The summed E-state index contributed by atoms with van der Waals surface area (Å²) in [7, 11) is 0. The molecule has 0 bridgehead atoms. The predicted octanol–water partition coefficient (Wildman–Crippen LogP) is 3.03. The zero-order valence-electron chi connectivity index (χ0n) is 7.62. The Morgan fingerprint density at radius 2 is 2.38 bits per heavy atom. The molecule has 1 aromatic rings. The van der Waals surface area contributed by atoms with Crippen LogP contribution in [0.5, 0.6) is 0 Å². The number of nitrogens with zero attached hydrogens (tertiary/aromatic N) is 1. The minimum atomic E-state index is 0.389. The van der Waals surface area contributed by atoms with Crippen LogP contribution in [-0.4, -0.2) is 10.4 Å². The van der Waals surface area contributed by atoms with E-state index in [2.05, 4.69) is 11.1 Å². The first kappa shape index (κ1) is 9.01. The second-order valence-electron chi connectivity index (χ2n) is 3.77. The van der Waals surface area contributed by atoms with Crippen molar-refractivity contribution in [1.29, 1.82) is 0 Å². The molecule has 1 heterocycles. The fourth-order valence-corrected chi connectivity index (χ4v) is 2.41. The van der Waals surface area contributed by atoms with Crippen molar-refractivity contribution in [2.24, 2.45) is 5.92 Å². The van der Waals surface area contributed by atoms with Gasteiger partial charge in [0.25, 0.3) is 0 Å². The van der Waals surface area contributed by atoms with Gasteiger partial charge in [0.1, 0.15) is 0 Å². The minimum Gasteiger partial charge on any atom is -0.264 e. The molecule has 0 spiro atoms. The second kappa shape index (κ2) is 4.10. The second-order valence-corrected chi connectivity index (χ2v) is 4.33. The monoisotopic (exact) mass is 195 g/mol. The van der Waals surface area contributed by atoms with E-state index in [9.17, 15) is 0 Å². The topological polar surface area (TPSA) is 12.9 Å². The molecule has 0 aliphatic heterocycles. The van der Waals surface area contributed by atoms with Gasteiger partial charge in [0, 0.05) is 17.8 Å². The van der Waals surface area contributed by atoms with Crippen LogP contribution in [0.1, 0.15) is 24.8 Å². The molecule has 13 heavy (non-hydrogen) atoms. The number of halogens is 1. The van der Waals surface area contributed by atoms with Gasteiger partial charge in [-0.25, -0.2) is 0 Å². The Kier molecular flexibility index (Phi) is 2.84. The van der Waals surface area contributed by atoms with Crippen LogP contribution in [0.25, 0.3) is 0 Å². The summed E-state index contributed by atoms with van der Waals surface area (Å²) in [4.78, 5) is 4.11. The average molecular weight is 196 g/mol. The van der Waals surface area contributed by atoms with E-state index in [-0.39, 0.29) is 0 Å². The number of hydrogen-bond acceptors (Lipinski definition) is 1. The van der Waals surface area contributed by atoms with E-state index in [0.717, 1.165) is 6.42 Å². The first-order chi connectivity index (χ1) is 6.36. The number of rotatable bonds is 2. The van der Waals surface area contributed by atoms with Gasteiger partial charge in [0.05, 0.1) is 0 Å². The van der Waals surface area contributed by atoms with Crippen LogP contribution in [-0.2, 0) is 6.42 Å². The van der Waals surface area contributed by atoms with Crippen LogP contribution in [0.4, 0.5) is 0 Å². The van der Waals surface area contributed by atoms with Crippen molar-refractivity contribution in [1.82, 2.24) is 4.98 Å². The summed E-state index contributed by atoms with van der Waals surface area (Å²) in [6.07, 6.45) is 8.62. The molecule has 1 saturated carbocycles. The van der Waals surface area contributed by atoms with Gasteiger partial charge >= 0.3 is 0 Å². The molecule has 70 valence electrons. The molecule has 1 nitrogen and oxygen atoms in total. The van der Waals surface area contributed by atoms with Crippen LogP contribution in [0.15, 0.2) is 24.5 Å². The molecule has 0 radical (unpaired) electrons. The molecule has 1 aromatic heterocycles. The fourth-order valence-electron chi connectivity index (χ4n) is 2.04. The summed E-state index contributed by atoms with van der Waals surface area (Å²) in [5.74, 6) is 0.672. The van der Waals surface area contributed by atoms with Crippen molar-refractivity contribution < 1.29 is 0 Å². The maximum absolute atomic E-state index is 6.21. The largest absolute Gasteiger partial charge is 0.264 e. The van der Waals surface area contributed by atoms with E-state index in [0.29, 0.717) is 11.3 Å². The molecule has 2 unspecified atom stereocenters. The van der Waals surface area contributed by atoms with Gasteiger partial charge in [0.15, 0.2) is 0 Å². The molecule has 1 fully saturated rings. The van der Waals surface area contributed by atoms with Crippen molar-refractivity contribution in [3.63, 3.8) is 0 Å². The molecule has 0 saturated heterocycles. The van der Waals surface area contributed by atoms with Crippen molar-refractivity contribution in [2.45, 2.75) is 31.1 Å². The number of alkyl halides is 1. The highest BCUT2D eigenvalue weighted by Crippen LogP contribution is 2.32. The lowest BCUT2D eigenvalue weighted by Crippen LogP contribution is -2.10. The summed E-state index contributed by atoms with van der Waals surface area (Å²) in [6.45, 7) is 0. The standard InChI is InChI=1S/C11H14ClN/c12-11-5-1-4-10(11)7-9-3-2-6-13-8-9/h2-3,6,8,10-11H,1,4-5,7H2. The Balaban J connectivity index is 1.98. The number of pyridine rings is 1. The smallest absolute Gasteiger partial charge is 0.0367 e. The van der Waals surface area contributed by atoms with Gasteiger partial charge in [-0.3, -0.25) is 4.98 Å². The van der Waals surface area contributed by atoms with Crippen LogP contribution < -0.4 is 0 Å². The van der Waals surface area contributed by atoms with E-state index in [1.165, 1.54) is 24.8 Å². The molecule has 0 aromatic carbocycles. The van der Waals surface area contributed by atoms with Gasteiger partial charge in [-0.15, -0.1) is 11.6 Å². The van der Waals surface area contributed by atoms with Gasteiger partial charge in [-0.2, -0.15) is 0 Å². The lowest BCUT2D eigenvalue weighted by atomic mass is 9.99. The summed E-state index contributed by atoms with van der Waals surface area (Å²) < 4.78 is 0. The Morgan fingerprint density at radius 1 is 1.46 bits per heavy atom. The van der Waals surface area contributed by atoms with Crippen LogP contribution in [0, 0.1) is 5.92 Å². The highest BCUT2D eigenvalue weighted by molar-refractivity contribution is 6.20. The quantitative estimate of drug-likeness (QED) is 0.662. The predicted molar refractivity (Wildman–Crippen MR) is 54.9 cm³/mol. The number of aromatic nitrogens is 1. The van der Waals surface area contributed by atoms with Gasteiger partial charge in [-0.1, -0.05) is 12.5 Å². The molecule has 0 N–H and O–H groups in total. The third-order valence-electron chi connectivity index (χ3n) is 2.79. The van der Waals surface area contributed by atoms with E-state index in [1.54, 1.807) is 0 Å². The van der Waals surface area contributed by atoms with Gasteiger partial charge < -0.3 is 0 Å². The van der Waals surface area contributed by atoms with Crippen molar-refractivity contribution in [3.05, 3.63) is 30.1 Å². The summed E-state index contributed by atoms with van der Waals surface area (Å²) in [5.41, 5.74) is 1.32. The van der Waals surface area contributed by atoms with E-state index in [1.807, 2.05) is 18.5 Å². The highest BCUT2D eigenvalue weighted by atomic mass is 35.5. The van der Waals surface area contributed by atoms with Crippen LogP contribution in [0.3, 0.4) is 0 Å². The number of hydrogen-bond donors (Lipinski definition) is 0. The first-order valence-electron chi connectivity index (χ1n) is 4.89. The Hall–Kier alpha value is -0.560. The van der Waals surface area contributed by atoms with Crippen LogP contribution >= 0.6 is 11.6 Å². The van der Waals surface area contributed by atoms with Crippen molar-refractivity contribution in [2.75, 3.05) is 0 Å². The molecule has 2 rings (SSSR count). The minimum absolute atomic E-state index is 0.389. The molecule has 0 amide bonds. The van der Waals surface area contributed by atoms with Gasteiger partial charge in [0.2, 0.25) is 0 Å². The third kappa shape index (κ3) is 2.22. The Bertz CT molecular complexity index is 260. The third-order valence-corrected chi connectivity index (χ3v) is 3.36. The van der Waals surface area contributed by atoms with E-state index >= 15 is 0 Å². The van der Waals surface area contributed by atoms with Gasteiger partial charge in [-0.05, 0) is 36.8 Å². The molecule has 2 heteroatoms. The SMILES string of the molecule is ClC1CCCC1Cc1cccnc1. The first-order valence-corrected chi connectivity index (χ1v) is 5.33. The lowest BCUT2D eigenvalue weighted by Gasteiger charge is -2.12. The zero-order chi connectivity index (χ0) is 9.10. The summed E-state index contributed by atoms with van der Waals surface area (Å²) in [5, 5.41) is 0.389. The molecule has 1 aliphatic rings. The van der Waals surface area contributed by atoms with Crippen molar-refractivity contribution >= 4 is 11.6 Å².